The zero-order valence-electron chi connectivity index (χ0n) is 16.1. The number of carbonyl (C=O) groups is 1. The van der Waals surface area contributed by atoms with Crippen molar-refractivity contribution < 1.29 is 9.90 Å². The van der Waals surface area contributed by atoms with Crippen molar-refractivity contribution in [2.45, 2.75) is 17.8 Å². The van der Waals surface area contributed by atoms with Crippen molar-refractivity contribution in [3.63, 3.8) is 0 Å². The number of aryl methyl sites for hydroxylation is 1. The molecule has 0 radical (unpaired) electrons. The maximum absolute atomic E-state index is 11.0. The molecule has 5 nitrogen and oxygen atoms in total. The van der Waals surface area contributed by atoms with Crippen molar-refractivity contribution in [1.29, 1.82) is 0 Å². The lowest BCUT2D eigenvalue weighted by atomic mass is 10.1. The number of hydrogen-bond donors (Lipinski definition) is 1. The molecule has 0 atom stereocenters. The van der Waals surface area contributed by atoms with Crippen LogP contribution in [0.15, 0.2) is 78.0 Å². The largest absolute Gasteiger partial charge is 0.478 e. The smallest absolute Gasteiger partial charge is 0.335 e. The minimum absolute atomic E-state index is 0.271. The molecule has 30 heavy (non-hydrogen) atoms. The van der Waals surface area contributed by atoms with E-state index in [9.17, 15) is 4.79 Å². The number of benzene rings is 3. The number of nitrogens with zero attached hydrogens (tertiary/aromatic N) is 3. The summed E-state index contributed by atoms with van der Waals surface area (Å²) in [6.07, 6.45) is 0. The van der Waals surface area contributed by atoms with Gasteiger partial charge in [-0.1, -0.05) is 59.8 Å². The topological polar surface area (TPSA) is 68.0 Å². The zero-order chi connectivity index (χ0) is 21.1. The van der Waals surface area contributed by atoms with Gasteiger partial charge in [0.25, 0.3) is 0 Å². The molecule has 7 heteroatoms. The van der Waals surface area contributed by atoms with Crippen molar-refractivity contribution in [1.82, 2.24) is 14.8 Å². The van der Waals surface area contributed by atoms with Crippen LogP contribution in [0, 0.1) is 6.92 Å². The van der Waals surface area contributed by atoms with Crippen LogP contribution in [-0.2, 0) is 5.75 Å². The van der Waals surface area contributed by atoms with Crippen LogP contribution < -0.4 is 0 Å². The Balaban J connectivity index is 1.71. The summed E-state index contributed by atoms with van der Waals surface area (Å²) in [6, 6.07) is 22.6. The lowest BCUT2D eigenvalue weighted by Gasteiger charge is -2.12. The normalized spacial score (nSPS) is 10.9. The molecule has 0 aliphatic rings. The van der Waals surface area contributed by atoms with Crippen LogP contribution in [0.1, 0.15) is 21.5 Å². The Labute approximate surface area is 183 Å². The van der Waals surface area contributed by atoms with Crippen LogP contribution in [0.3, 0.4) is 0 Å². The number of aromatic carboxylic acids is 1. The zero-order valence-corrected chi connectivity index (χ0v) is 17.7. The Hall–Kier alpha value is -3.09. The summed E-state index contributed by atoms with van der Waals surface area (Å²) in [5.74, 6) is 0.375. The van der Waals surface area contributed by atoms with Gasteiger partial charge in [-0.3, -0.25) is 4.57 Å². The third kappa shape index (κ3) is 4.25. The molecule has 0 amide bonds. The lowest BCUT2D eigenvalue weighted by Crippen LogP contribution is -2.00. The highest BCUT2D eigenvalue weighted by atomic mass is 35.5. The van der Waals surface area contributed by atoms with Crippen LogP contribution in [0.5, 0.6) is 0 Å². The second-order valence-corrected chi connectivity index (χ2v) is 8.10. The molecule has 3 aromatic carbocycles. The van der Waals surface area contributed by atoms with Gasteiger partial charge in [-0.25, -0.2) is 4.79 Å². The second kappa shape index (κ2) is 8.73. The Morgan fingerprint density at radius 3 is 2.50 bits per heavy atom. The monoisotopic (exact) mass is 435 g/mol. The highest BCUT2D eigenvalue weighted by Crippen LogP contribution is 2.33. The van der Waals surface area contributed by atoms with E-state index in [-0.39, 0.29) is 5.56 Å². The standard InChI is InChI=1S/C23H18ClN3O2S/c1-15-5-4-6-18(13-15)27-21(19-7-2-3-8-20(19)24)25-26-23(27)30-14-16-9-11-17(12-10-16)22(28)29/h2-13H,14H2,1H3,(H,28,29). The van der Waals surface area contributed by atoms with Crippen molar-refractivity contribution in [3.8, 4) is 17.1 Å². The fourth-order valence-electron chi connectivity index (χ4n) is 3.07. The molecule has 150 valence electrons. The van der Waals surface area contributed by atoms with Crippen molar-refractivity contribution in [2.24, 2.45) is 0 Å². The Morgan fingerprint density at radius 2 is 1.80 bits per heavy atom. The molecular weight excluding hydrogens is 418 g/mol. The summed E-state index contributed by atoms with van der Waals surface area (Å²) in [5.41, 5.74) is 4.17. The number of aromatic nitrogens is 3. The Morgan fingerprint density at radius 1 is 1.03 bits per heavy atom. The highest BCUT2D eigenvalue weighted by molar-refractivity contribution is 7.98. The summed E-state index contributed by atoms with van der Waals surface area (Å²) in [5, 5.41) is 19.3. The molecule has 4 rings (SSSR count). The number of carboxylic acids is 1. The van der Waals surface area contributed by atoms with Gasteiger partial charge < -0.3 is 5.11 Å². The van der Waals surface area contributed by atoms with E-state index in [2.05, 4.69) is 16.3 Å². The number of rotatable bonds is 6. The molecule has 0 aliphatic carbocycles. The van der Waals surface area contributed by atoms with Crippen LogP contribution in [0.4, 0.5) is 0 Å². The summed E-state index contributed by atoms with van der Waals surface area (Å²) in [6.45, 7) is 2.04. The fourth-order valence-corrected chi connectivity index (χ4v) is 4.20. The minimum atomic E-state index is -0.933. The number of thioether (sulfide) groups is 1. The number of hydrogen-bond acceptors (Lipinski definition) is 4. The first kappa shape index (κ1) is 20.2. The molecule has 0 saturated carbocycles. The molecule has 0 bridgehead atoms. The second-order valence-electron chi connectivity index (χ2n) is 6.75. The molecule has 0 aliphatic heterocycles. The maximum atomic E-state index is 11.0. The summed E-state index contributed by atoms with van der Waals surface area (Å²) >= 11 is 7.97. The van der Waals surface area contributed by atoms with Gasteiger partial charge in [-0.15, -0.1) is 10.2 Å². The third-order valence-corrected chi connectivity index (χ3v) is 5.91. The van der Waals surface area contributed by atoms with Crippen LogP contribution in [0.25, 0.3) is 17.1 Å². The van der Waals surface area contributed by atoms with Crippen molar-refractivity contribution >= 4 is 29.3 Å². The first-order valence-corrected chi connectivity index (χ1v) is 10.6. The molecule has 1 N–H and O–H groups in total. The summed E-state index contributed by atoms with van der Waals surface area (Å²) in [4.78, 5) is 11.0. The predicted molar refractivity (Wildman–Crippen MR) is 120 cm³/mol. The molecule has 4 aromatic rings. The quantitative estimate of drug-likeness (QED) is 0.382. The Bertz CT molecular complexity index is 1210. The van der Waals surface area contributed by atoms with Gasteiger partial charge in [0, 0.05) is 17.0 Å². The van der Waals surface area contributed by atoms with Crippen LogP contribution in [-0.4, -0.2) is 25.8 Å². The van der Waals surface area contributed by atoms with Gasteiger partial charge in [0.05, 0.1) is 10.6 Å². The average molecular weight is 436 g/mol. The van der Waals surface area contributed by atoms with Crippen LogP contribution in [0.2, 0.25) is 5.02 Å². The fraction of sp³-hybridized carbons (Fsp3) is 0.0870. The van der Waals surface area contributed by atoms with Gasteiger partial charge in [0.2, 0.25) is 0 Å². The Kier molecular flexibility index (Phi) is 5.88. The van der Waals surface area contributed by atoms with E-state index in [1.807, 2.05) is 66.1 Å². The minimum Gasteiger partial charge on any atom is -0.478 e. The van der Waals surface area contributed by atoms with E-state index in [0.717, 1.165) is 27.5 Å². The SMILES string of the molecule is Cc1cccc(-n2c(SCc3ccc(C(=O)O)cc3)nnc2-c2ccccc2Cl)c1. The molecule has 1 heterocycles. The highest BCUT2D eigenvalue weighted by Gasteiger charge is 2.18. The summed E-state index contributed by atoms with van der Waals surface area (Å²) < 4.78 is 2.00. The van der Waals surface area contributed by atoms with Crippen molar-refractivity contribution in [2.75, 3.05) is 0 Å². The first-order valence-electron chi connectivity index (χ1n) is 9.25. The molecule has 0 spiro atoms. The van der Waals surface area contributed by atoms with E-state index in [4.69, 9.17) is 16.7 Å². The number of halogens is 1. The van der Waals surface area contributed by atoms with Gasteiger partial charge in [-0.2, -0.15) is 0 Å². The predicted octanol–water partition coefficient (Wildman–Crippen LogP) is 5.89. The van der Waals surface area contributed by atoms with E-state index in [1.165, 1.54) is 11.8 Å². The lowest BCUT2D eigenvalue weighted by molar-refractivity contribution is 0.0697. The van der Waals surface area contributed by atoms with Gasteiger partial charge in [0.1, 0.15) is 0 Å². The third-order valence-electron chi connectivity index (χ3n) is 4.58. The van der Waals surface area contributed by atoms with Gasteiger partial charge in [0.15, 0.2) is 11.0 Å². The van der Waals surface area contributed by atoms with Crippen molar-refractivity contribution in [3.05, 3.63) is 94.5 Å². The summed E-state index contributed by atoms with van der Waals surface area (Å²) in [7, 11) is 0. The van der Waals surface area contributed by atoms with E-state index in [1.54, 1.807) is 12.1 Å². The number of carboxylic acid groups (broad SMARTS) is 1. The van der Waals surface area contributed by atoms with E-state index >= 15 is 0 Å². The molecular formula is C23H18ClN3O2S. The molecule has 1 aromatic heterocycles. The van der Waals surface area contributed by atoms with E-state index in [0.29, 0.717) is 16.6 Å². The van der Waals surface area contributed by atoms with Crippen LogP contribution >= 0.6 is 23.4 Å². The van der Waals surface area contributed by atoms with Gasteiger partial charge >= 0.3 is 5.97 Å². The molecule has 0 fully saturated rings. The van der Waals surface area contributed by atoms with Gasteiger partial charge in [-0.05, 0) is 54.4 Å². The first-order chi connectivity index (χ1) is 14.5. The van der Waals surface area contributed by atoms with E-state index < -0.39 is 5.97 Å². The molecule has 0 unspecified atom stereocenters. The maximum Gasteiger partial charge on any atom is 0.335 e. The average Bonchev–Trinajstić information content (AvgIpc) is 3.16. The molecule has 0 saturated heterocycles.